The van der Waals surface area contributed by atoms with Crippen molar-refractivity contribution in [1.82, 2.24) is 4.98 Å². The van der Waals surface area contributed by atoms with Crippen molar-refractivity contribution in [2.45, 2.75) is 6.54 Å². The van der Waals surface area contributed by atoms with Crippen molar-refractivity contribution in [3.63, 3.8) is 0 Å². The Bertz CT molecular complexity index is 1140. The van der Waals surface area contributed by atoms with Crippen LogP contribution in [0.5, 0.6) is 23.0 Å². The van der Waals surface area contributed by atoms with E-state index in [9.17, 15) is 5.11 Å². The third-order valence-corrected chi connectivity index (χ3v) is 4.55. The van der Waals surface area contributed by atoms with Crippen molar-refractivity contribution in [3.8, 4) is 23.0 Å². The number of aromatic nitrogens is 1. The molecule has 0 aliphatic rings. The number of benzene rings is 3. The van der Waals surface area contributed by atoms with Crippen molar-refractivity contribution >= 4 is 22.3 Å². The zero-order valence-electron chi connectivity index (χ0n) is 15.9. The second-order valence-corrected chi connectivity index (χ2v) is 6.50. The van der Waals surface area contributed by atoms with Crippen LogP contribution in [-0.2, 0) is 6.54 Å². The monoisotopic (exact) mass is 387 g/mol. The molecule has 0 bridgehead atoms. The molecule has 29 heavy (non-hydrogen) atoms. The van der Waals surface area contributed by atoms with Crippen LogP contribution in [0.2, 0.25) is 0 Å². The number of hydrogen-bond acceptors (Lipinski definition) is 6. The molecule has 0 aliphatic carbocycles. The molecule has 0 aliphatic heterocycles. The first-order chi connectivity index (χ1) is 14.2. The lowest BCUT2D eigenvalue weighted by atomic mass is 10.1. The summed E-state index contributed by atoms with van der Waals surface area (Å²) in [5.74, 6) is 2.22. The Morgan fingerprint density at radius 1 is 0.966 bits per heavy atom. The highest BCUT2D eigenvalue weighted by molar-refractivity contribution is 5.93. The van der Waals surface area contributed by atoms with Crippen LogP contribution in [0.15, 0.2) is 72.9 Å². The van der Waals surface area contributed by atoms with Gasteiger partial charge in [0.15, 0.2) is 0 Å². The third kappa shape index (κ3) is 4.07. The van der Waals surface area contributed by atoms with E-state index in [-0.39, 0.29) is 12.3 Å². The lowest BCUT2D eigenvalue weighted by Crippen LogP contribution is -1.97. The average Bonchev–Trinajstić information content (AvgIpc) is 2.76. The SMILES string of the molecule is COc1cc(Nc2ccc(Oc3ccc(O)c(CN)c3)cc2)c2ncccc2c1. The molecule has 1 heterocycles. The van der Waals surface area contributed by atoms with Gasteiger partial charge in [-0.1, -0.05) is 6.07 Å². The Balaban J connectivity index is 1.55. The summed E-state index contributed by atoms with van der Waals surface area (Å²) in [5.41, 5.74) is 8.89. The Hall–Kier alpha value is -3.77. The average molecular weight is 387 g/mol. The zero-order valence-corrected chi connectivity index (χ0v) is 15.9. The molecular formula is C23H21N3O3. The molecule has 0 radical (unpaired) electrons. The number of nitrogens with zero attached hydrogens (tertiary/aromatic N) is 1. The van der Waals surface area contributed by atoms with Gasteiger partial charge in [-0.15, -0.1) is 0 Å². The van der Waals surface area contributed by atoms with Crippen LogP contribution < -0.4 is 20.5 Å². The smallest absolute Gasteiger partial charge is 0.128 e. The quantitative estimate of drug-likeness (QED) is 0.434. The highest BCUT2D eigenvalue weighted by Gasteiger charge is 2.07. The van der Waals surface area contributed by atoms with E-state index in [2.05, 4.69) is 10.3 Å². The summed E-state index contributed by atoms with van der Waals surface area (Å²) in [6.07, 6.45) is 1.77. The van der Waals surface area contributed by atoms with Crippen molar-refractivity contribution < 1.29 is 14.6 Å². The first-order valence-corrected chi connectivity index (χ1v) is 9.16. The first-order valence-electron chi connectivity index (χ1n) is 9.16. The molecular weight excluding hydrogens is 366 g/mol. The van der Waals surface area contributed by atoms with Gasteiger partial charge in [-0.25, -0.2) is 0 Å². The molecule has 6 heteroatoms. The van der Waals surface area contributed by atoms with E-state index in [4.69, 9.17) is 15.2 Å². The van der Waals surface area contributed by atoms with Crippen LogP contribution in [0.4, 0.5) is 11.4 Å². The van der Waals surface area contributed by atoms with Gasteiger partial charge < -0.3 is 25.6 Å². The molecule has 6 nitrogen and oxygen atoms in total. The van der Waals surface area contributed by atoms with Crippen molar-refractivity contribution in [1.29, 1.82) is 0 Å². The van der Waals surface area contributed by atoms with E-state index in [0.29, 0.717) is 17.1 Å². The van der Waals surface area contributed by atoms with E-state index in [1.165, 1.54) is 0 Å². The molecule has 0 saturated heterocycles. The Labute approximate surface area is 168 Å². The van der Waals surface area contributed by atoms with Crippen LogP contribution in [-0.4, -0.2) is 17.2 Å². The molecule has 4 rings (SSSR count). The standard InChI is InChI=1S/C23H21N3O3/c1-28-20-11-15-3-2-10-25-23(15)21(13-20)26-17-4-6-18(7-5-17)29-19-8-9-22(27)16(12-19)14-24/h2-13,26-27H,14,24H2,1H3. The van der Waals surface area contributed by atoms with Gasteiger partial charge in [-0.05, 0) is 54.6 Å². The topological polar surface area (TPSA) is 89.6 Å². The fourth-order valence-electron chi connectivity index (χ4n) is 3.06. The molecule has 0 saturated carbocycles. The van der Waals surface area contributed by atoms with E-state index in [1.807, 2.05) is 48.5 Å². The zero-order chi connectivity index (χ0) is 20.2. The normalized spacial score (nSPS) is 10.7. The van der Waals surface area contributed by atoms with E-state index >= 15 is 0 Å². The first kappa shape index (κ1) is 18.6. The summed E-state index contributed by atoms with van der Waals surface area (Å²) in [5, 5.41) is 14.1. The van der Waals surface area contributed by atoms with Crippen LogP contribution in [0.3, 0.4) is 0 Å². The summed E-state index contributed by atoms with van der Waals surface area (Å²) in [6, 6.07) is 20.4. The van der Waals surface area contributed by atoms with Crippen molar-refractivity contribution in [2.75, 3.05) is 12.4 Å². The Morgan fingerprint density at radius 2 is 1.76 bits per heavy atom. The number of hydrogen-bond donors (Lipinski definition) is 3. The van der Waals surface area contributed by atoms with Crippen LogP contribution in [0.25, 0.3) is 10.9 Å². The lowest BCUT2D eigenvalue weighted by molar-refractivity contribution is 0.415. The molecule has 0 atom stereocenters. The number of phenolic OH excluding ortho intramolecular Hbond substituents is 1. The molecule has 146 valence electrons. The van der Waals surface area contributed by atoms with Gasteiger partial charge in [-0.3, -0.25) is 4.98 Å². The molecule has 0 amide bonds. The molecule has 1 aromatic heterocycles. The van der Waals surface area contributed by atoms with Gasteiger partial charge in [0.25, 0.3) is 0 Å². The van der Waals surface area contributed by atoms with Gasteiger partial charge in [0.2, 0.25) is 0 Å². The number of phenols is 1. The van der Waals surface area contributed by atoms with Crippen molar-refractivity contribution in [2.24, 2.45) is 5.73 Å². The number of pyridine rings is 1. The van der Waals surface area contributed by atoms with E-state index < -0.39 is 0 Å². The maximum Gasteiger partial charge on any atom is 0.128 e. The van der Waals surface area contributed by atoms with Gasteiger partial charge >= 0.3 is 0 Å². The minimum absolute atomic E-state index is 0.165. The van der Waals surface area contributed by atoms with Gasteiger partial charge in [0.05, 0.1) is 18.3 Å². The number of nitrogens with two attached hydrogens (primary N) is 1. The molecule has 0 spiro atoms. The molecule has 3 aromatic carbocycles. The minimum atomic E-state index is 0.165. The Kier molecular flexibility index (Phi) is 5.18. The second-order valence-electron chi connectivity index (χ2n) is 6.50. The van der Waals surface area contributed by atoms with Gasteiger partial charge in [-0.2, -0.15) is 0 Å². The number of fused-ring (bicyclic) bond motifs is 1. The van der Waals surface area contributed by atoms with Crippen LogP contribution >= 0.6 is 0 Å². The maximum absolute atomic E-state index is 9.73. The summed E-state index contributed by atoms with van der Waals surface area (Å²) in [4.78, 5) is 4.48. The van der Waals surface area contributed by atoms with Gasteiger partial charge in [0, 0.05) is 35.4 Å². The maximum atomic E-state index is 9.73. The second kappa shape index (κ2) is 8.08. The third-order valence-electron chi connectivity index (χ3n) is 4.55. The fourth-order valence-corrected chi connectivity index (χ4v) is 3.06. The van der Waals surface area contributed by atoms with E-state index in [1.54, 1.807) is 31.5 Å². The molecule has 0 fully saturated rings. The lowest BCUT2D eigenvalue weighted by Gasteiger charge is -2.12. The number of rotatable bonds is 6. The fraction of sp³-hybridized carbons (Fsp3) is 0.0870. The highest BCUT2D eigenvalue weighted by Crippen LogP contribution is 2.32. The summed E-state index contributed by atoms with van der Waals surface area (Å²) in [6.45, 7) is 0.244. The number of nitrogens with one attached hydrogen (secondary N) is 1. The largest absolute Gasteiger partial charge is 0.508 e. The van der Waals surface area contributed by atoms with E-state index in [0.717, 1.165) is 28.0 Å². The summed E-state index contributed by atoms with van der Waals surface area (Å²) >= 11 is 0. The molecule has 4 aromatic rings. The number of anilines is 2. The summed E-state index contributed by atoms with van der Waals surface area (Å²) < 4.78 is 11.3. The minimum Gasteiger partial charge on any atom is -0.508 e. The van der Waals surface area contributed by atoms with Crippen LogP contribution in [0.1, 0.15) is 5.56 Å². The highest BCUT2D eigenvalue weighted by atomic mass is 16.5. The van der Waals surface area contributed by atoms with Crippen molar-refractivity contribution in [3.05, 3.63) is 78.5 Å². The number of ether oxygens (including phenoxy) is 2. The molecule has 4 N–H and O–H groups in total. The van der Waals surface area contributed by atoms with Crippen LogP contribution in [0, 0.1) is 0 Å². The molecule has 0 unspecified atom stereocenters. The number of aromatic hydroxyl groups is 1. The number of methoxy groups -OCH3 is 1. The predicted molar refractivity (Wildman–Crippen MR) is 114 cm³/mol. The predicted octanol–water partition coefficient (Wildman–Crippen LogP) is 4.94. The van der Waals surface area contributed by atoms with Gasteiger partial charge in [0.1, 0.15) is 23.0 Å². The Morgan fingerprint density at radius 3 is 2.52 bits per heavy atom. The summed E-state index contributed by atoms with van der Waals surface area (Å²) in [7, 11) is 1.65.